The molecule has 0 saturated heterocycles. The van der Waals surface area contributed by atoms with Crippen molar-refractivity contribution >= 4 is 107 Å². The minimum absolute atomic E-state index is 0.0110. The molecule has 3 heterocycles. The number of nitrogens with zero attached hydrogens (tertiary/aromatic N) is 3. The predicted octanol–water partition coefficient (Wildman–Crippen LogP) is 17.8. The van der Waals surface area contributed by atoms with E-state index in [0.717, 1.165) is 17.8 Å². The van der Waals surface area contributed by atoms with E-state index >= 15 is 0 Å². The number of rotatable bonds is 9. The highest BCUT2D eigenvalue weighted by Gasteiger charge is 2.64. The Morgan fingerprint density at radius 1 is 0.476 bits per heavy atom. The van der Waals surface area contributed by atoms with Crippen LogP contribution in [0.25, 0.3) is 10.1 Å². The van der Waals surface area contributed by atoms with E-state index in [1.807, 2.05) is 0 Å². The maximum Gasteiger partial charge on any atom is 0.264 e. The van der Waals surface area contributed by atoms with Gasteiger partial charge in [-0.25, -0.2) is 0 Å². The molecule has 0 spiro atoms. The Hall–Kier alpha value is -5.82. The van der Waals surface area contributed by atoms with Crippen LogP contribution in [0, 0.1) is 17.8 Å². The van der Waals surface area contributed by atoms with Gasteiger partial charge in [-0.15, -0.1) is 11.3 Å². The van der Waals surface area contributed by atoms with E-state index in [2.05, 4.69) is 246 Å². The molecule has 6 fully saturated rings. The fraction of sp³-hybridized carbons (Fsp3) is 0.436. The van der Waals surface area contributed by atoms with Crippen LogP contribution in [0.2, 0.25) is 5.04 Å². The van der Waals surface area contributed by atoms with E-state index in [9.17, 15) is 0 Å². The van der Waals surface area contributed by atoms with Crippen LogP contribution in [0.5, 0.6) is 0 Å². The zero-order valence-electron chi connectivity index (χ0n) is 52.0. The molecule has 8 aliphatic rings. The molecule has 2 aliphatic heterocycles. The van der Waals surface area contributed by atoms with Crippen molar-refractivity contribution in [3.05, 3.63) is 174 Å². The van der Waals surface area contributed by atoms with Crippen LogP contribution < -0.4 is 46.0 Å². The fourth-order valence-electron chi connectivity index (χ4n) is 18.9. The second-order valence-corrected chi connectivity index (χ2v) is 36.2. The normalized spacial score (nSPS) is 22.5. The molecule has 430 valence electrons. The van der Waals surface area contributed by atoms with Crippen molar-refractivity contribution in [2.24, 2.45) is 17.8 Å². The number of thiophene rings is 1. The Balaban J connectivity index is 1.09. The van der Waals surface area contributed by atoms with Gasteiger partial charge in [-0.1, -0.05) is 198 Å². The highest BCUT2D eigenvalue weighted by molar-refractivity contribution is 7.33. The van der Waals surface area contributed by atoms with Crippen molar-refractivity contribution in [3.8, 4) is 0 Å². The van der Waals surface area contributed by atoms with Crippen LogP contribution in [-0.4, -0.2) is 26.9 Å². The Labute approximate surface area is 509 Å². The lowest BCUT2D eigenvalue weighted by molar-refractivity contribution is 0.0267. The number of benzene rings is 7. The van der Waals surface area contributed by atoms with E-state index in [1.165, 1.54) is 185 Å². The SMILES string of the molecule is CC(C)(C)c1ccc(N2c3cc(N(C4CCCCC4)C4CCCCC4)ccc3B3c4sc5ccc(C(C)(C)C)cc5c4N(c4ccc(C(C)(C)C)cc4)c4cc([Si](c5ccccc5)(c5ccccc5)C56CC7CC(CC(C7)C5)C6)cc2c43)cc1. The third-order valence-corrected chi connectivity index (χ3v) is 29.4. The Morgan fingerprint density at radius 2 is 0.952 bits per heavy atom. The van der Waals surface area contributed by atoms with Gasteiger partial charge in [0.25, 0.3) is 6.71 Å². The first-order valence-electron chi connectivity index (χ1n) is 33.1. The summed E-state index contributed by atoms with van der Waals surface area (Å²) in [6.45, 7) is 21.4. The van der Waals surface area contributed by atoms with Gasteiger partial charge in [0.2, 0.25) is 0 Å². The molecule has 6 heteroatoms. The van der Waals surface area contributed by atoms with Gasteiger partial charge < -0.3 is 14.7 Å². The first-order valence-corrected chi connectivity index (χ1v) is 35.9. The van der Waals surface area contributed by atoms with E-state index in [0.29, 0.717) is 12.1 Å². The molecule has 0 radical (unpaired) electrons. The van der Waals surface area contributed by atoms with Crippen LogP contribution >= 0.6 is 11.3 Å². The van der Waals surface area contributed by atoms with Gasteiger partial charge in [0, 0.05) is 61.1 Å². The Morgan fingerprint density at radius 3 is 1.45 bits per heavy atom. The van der Waals surface area contributed by atoms with Gasteiger partial charge in [-0.05, 0) is 207 Å². The van der Waals surface area contributed by atoms with Crippen LogP contribution in [-0.2, 0) is 16.2 Å². The van der Waals surface area contributed by atoms with E-state index in [-0.39, 0.29) is 28.0 Å². The maximum absolute atomic E-state index is 3.01. The smallest absolute Gasteiger partial charge is 0.264 e. The minimum atomic E-state index is -3.00. The summed E-state index contributed by atoms with van der Waals surface area (Å²) in [5.41, 5.74) is 16.5. The van der Waals surface area contributed by atoms with Gasteiger partial charge in [0.05, 0.1) is 5.69 Å². The molecule has 0 atom stereocenters. The maximum atomic E-state index is 3.01. The molecule has 84 heavy (non-hydrogen) atoms. The van der Waals surface area contributed by atoms with Crippen molar-refractivity contribution in [3.63, 3.8) is 0 Å². The molecule has 7 aromatic carbocycles. The van der Waals surface area contributed by atoms with Gasteiger partial charge in [0.15, 0.2) is 8.07 Å². The summed E-state index contributed by atoms with van der Waals surface area (Å²) in [6.07, 6.45) is 21.5. The van der Waals surface area contributed by atoms with Gasteiger partial charge >= 0.3 is 0 Å². The summed E-state index contributed by atoms with van der Waals surface area (Å²) in [7, 11) is -3.00. The van der Waals surface area contributed by atoms with Crippen LogP contribution in [0.3, 0.4) is 0 Å². The first kappa shape index (κ1) is 54.8. The lowest BCUT2D eigenvalue weighted by Crippen LogP contribution is -2.76. The molecule has 6 aliphatic carbocycles. The van der Waals surface area contributed by atoms with Gasteiger partial charge in [0.1, 0.15) is 0 Å². The van der Waals surface area contributed by atoms with Crippen molar-refractivity contribution in [1.82, 2.24) is 0 Å². The Kier molecular flexibility index (Phi) is 13.3. The second kappa shape index (κ2) is 20.4. The molecule has 0 N–H and O–H groups in total. The van der Waals surface area contributed by atoms with Crippen molar-refractivity contribution < 1.29 is 0 Å². The fourth-order valence-corrected chi connectivity index (χ4v) is 26.9. The number of hydrogen-bond donors (Lipinski definition) is 0. The summed E-state index contributed by atoms with van der Waals surface area (Å²) >= 11 is 2.07. The monoisotopic (exact) mass is 1140 g/mol. The van der Waals surface area contributed by atoms with E-state index < -0.39 is 8.07 Å². The number of anilines is 7. The molecular weight excluding hydrogens is 1050 g/mol. The summed E-state index contributed by atoms with van der Waals surface area (Å²) in [4.78, 5) is 8.65. The van der Waals surface area contributed by atoms with E-state index in [4.69, 9.17) is 0 Å². The summed E-state index contributed by atoms with van der Waals surface area (Å²) in [5, 5.41) is 6.32. The second-order valence-electron chi connectivity index (χ2n) is 30.8. The Bertz CT molecular complexity index is 3660. The molecule has 8 aromatic rings. The highest BCUT2D eigenvalue weighted by atomic mass is 32.1. The van der Waals surface area contributed by atoms with Crippen LogP contribution in [0.4, 0.5) is 39.8 Å². The summed E-state index contributed by atoms with van der Waals surface area (Å²) < 4.78 is 2.85. The quantitative estimate of drug-likeness (QED) is 0.105. The molecule has 0 unspecified atom stereocenters. The number of fused-ring (bicyclic) bond motifs is 6. The largest absolute Gasteiger partial charge is 0.366 e. The molecule has 16 rings (SSSR count). The zero-order valence-corrected chi connectivity index (χ0v) is 53.9. The zero-order chi connectivity index (χ0) is 57.5. The van der Waals surface area contributed by atoms with Crippen molar-refractivity contribution in [2.75, 3.05) is 14.7 Å². The van der Waals surface area contributed by atoms with E-state index in [1.54, 1.807) is 15.6 Å². The molecule has 1 aromatic heterocycles. The standard InChI is InChI=1S/C78H90BN3SSi/c1-75(2,3)55-30-35-60(36-31-55)81-68-46-62(80(58-22-14-10-15-23-58)59-24-16-11-17-25-59)39-40-67(68)79-72-69(81)47-65(84(63-26-18-12-19-27-63,64-28-20-13-21-29-64)78-49-52-42-53(50-78)44-54(43-52)51-78)48-70(72)82(61-37-32-56(33-38-61)76(4,5)6)73-66-45-57(77(7,8)9)34-41-71(66)83-74(73)79/h12-13,18-21,26-41,45-48,52-54,58-59H,10-11,14-17,22-25,42-44,49-51H2,1-9H3. The average Bonchev–Trinajstić information content (AvgIpc) is 1.00. The third kappa shape index (κ3) is 8.88. The molecular formula is C78H90BN3SSi. The van der Waals surface area contributed by atoms with Crippen molar-refractivity contribution in [2.45, 2.75) is 198 Å². The molecule has 3 nitrogen and oxygen atoms in total. The minimum Gasteiger partial charge on any atom is -0.366 e. The third-order valence-electron chi connectivity index (χ3n) is 22.4. The van der Waals surface area contributed by atoms with Crippen LogP contribution in [0.15, 0.2) is 158 Å². The lowest BCUT2D eigenvalue weighted by atomic mass is 9.36. The van der Waals surface area contributed by atoms with Crippen LogP contribution in [0.1, 0.15) is 182 Å². The highest BCUT2D eigenvalue weighted by Crippen LogP contribution is 2.67. The topological polar surface area (TPSA) is 9.72 Å². The lowest BCUT2D eigenvalue weighted by Gasteiger charge is -2.64. The predicted molar refractivity (Wildman–Crippen MR) is 367 cm³/mol. The molecule has 4 bridgehead atoms. The molecule has 0 amide bonds. The van der Waals surface area contributed by atoms with Gasteiger partial charge in [-0.2, -0.15) is 0 Å². The number of hydrogen-bond acceptors (Lipinski definition) is 4. The molecule has 6 saturated carbocycles. The van der Waals surface area contributed by atoms with Crippen molar-refractivity contribution in [1.29, 1.82) is 0 Å². The summed E-state index contributed by atoms with van der Waals surface area (Å²) in [5.74, 6) is 2.39. The van der Waals surface area contributed by atoms with Gasteiger partial charge in [-0.3, -0.25) is 0 Å². The average molecular weight is 1140 g/mol. The first-order chi connectivity index (χ1) is 40.5. The summed E-state index contributed by atoms with van der Waals surface area (Å²) in [6, 6.07) is 66.7.